The Morgan fingerprint density at radius 2 is 2.11 bits per heavy atom. The van der Waals surface area contributed by atoms with Crippen molar-refractivity contribution in [2.75, 3.05) is 33.9 Å². The van der Waals surface area contributed by atoms with Gasteiger partial charge in [-0.05, 0) is 24.0 Å². The third-order valence-corrected chi connectivity index (χ3v) is 4.78. The Balaban J connectivity index is 1.95. The molecule has 1 heterocycles. The summed E-state index contributed by atoms with van der Waals surface area (Å²) in [4.78, 5) is 4.32. The number of nitrogens with zero attached hydrogens (tertiary/aromatic N) is 1. The zero-order chi connectivity index (χ0) is 19.9. The van der Waals surface area contributed by atoms with Crippen molar-refractivity contribution in [1.29, 1.82) is 0 Å². The predicted octanol–water partition coefficient (Wildman–Crippen LogP) is 2.89. The molecule has 0 aliphatic carbocycles. The molecule has 1 aliphatic heterocycles. The summed E-state index contributed by atoms with van der Waals surface area (Å²) in [5.74, 6) is 1.66. The molecule has 0 amide bonds. The zero-order valence-electron chi connectivity index (χ0n) is 17.6. The molecule has 1 aliphatic rings. The minimum atomic E-state index is 0.0575. The highest BCUT2D eigenvalue weighted by molar-refractivity contribution is 5.79. The average Bonchev–Trinajstić information content (AvgIpc) is 3.11. The van der Waals surface area contributed by atoms with Gasteiger partial charge in [-0.15, -0.1) is 0 Å². The summed E-state index contributed by atoms with van der Waals surface area (Å²) in [6, 6.07) is 6.30. The topological polar surface area (TPSA) is 64.1 Å². The van der Waals surface area contributed by atoms with Gasteiger partial charge < -0.3 is 24.8 Å². The first kappa shape index (κ1) is 21.5. The van der Waals surface area contributed by atoms with Gasteiger partial charge in [0.15, 0.2) is 5.96 Å². The van der Waals surface area contributed by atoms with Gasteiger partial charge in [0.05, 0.1) is 19.3 Å². The first-order valence-corrected chi connectivity index (χ1v) is 9.64. The molecule has 6 nitrogen and oxygen atoms in total. The van der Waals surface area contributed by atoms with Crippen LogP contribution in [0.15, 0.2) is 23.2 Å². The highest BCUT2D eigenvalue weighted by Crippen LogP contribution is 2.24. The lowest BCUT2D eigenvalue weighted by atomic mass is 9.89. The summed E-state index contributed by atoms with van der Waals surface area (Å²) in [5, 5.41) is 6.73. The van der Waals surface area contributed by atoms with Gasteiger partial charge in [0.1, 0.15) is 11.9 Å². The number of methoxy groups -OCH3 is 1. The van der Waals surface area contributed by atoms with E-state index < -0.39 is 0 Å². The highest BCUT2D eigenvalue weighted by atomic mass is 16.5. The summed E-state index contributed by atoms with van der Waals surface area (Å²) in [6.45, 7) is 11.3. The average molecular weight is 378 g/mol. The molecular formula is C21H35N3O3. The zero-order valence-corrected chi connectivity index (χ0v) is 17.6. The van der Waals surface area contributed by atoms with Gasteiger partial charge in [0.2, 0.25) is 0 Å². The van der Waals surface area contributed by atoms with E-state index in [1.807, 2.05) is 0 Å². The van der Waals surface area contributed by atoms with E-state index in [2.05, 4.69) is 61.5 Å². The quantitative estimate of drug-likeness (QED) is 0.565. The van der Waals surface area contributed by atoms with E-state index >= 15 is 0 Å². The first-order valence-electron chi connectivity index (χ1n) is 9.64. The van der Waals surface area contributed by atoms with Crippen LogP contribution in [0.25, 0.3) is 0 Å². The lowest BCUT2D eigenvalue weighted by Gasteiger charge is -2.30. The number of aliphatic imine (C=N–C) groups is 1. The van der Waals surface area contributed by atoms with E-state index in [-0.39, 0.29) is 17.6 Å². The van der Waals surface area contributed by atoms with E-state index in [4.69, 9.17) is 14.2 Å². The van der Waals surface area contributed by atoms with Crippen molar-refractivity contribution in [3.8, 4) is 5.75 Å². The van der Waals surface area contributed by atoms with Crippen molar-refractivity contribution in [3.63, 3.8) is 0 Å². The standard InChI is InChI=1S/C21H35N3O3/c1-15-7-8-16(18(11-15)27-17-9-10-26-14-17)12-23-20(22-5)24-13-19(25-6)21(2,3)4/h7-8,11,17,19H,9-10,12-14H2,1-6H3,(H2,22,23,24). The number of hydrogen-bond donors (Lipinski definition) is 2. The van der Waals surface area contributed by atoms with Crippen LogP contribution in [0.4, 0.5) is 0 Å². The van der Waals surface area contributed by atoms with Crippen LogP contribution < -0.4 is 15.4 Å². The Bertz CT molecular complexity index is 620. The molecule has 152 valence electrons. The summed E-state index contributed by atoms with van der Waals surface area (Å²) in [7, 11) is 3.52. The SMILES string of the molecule is CN=C(NCc1ccc(C)cc1OC1CCOC1)NCC(OC)C(C)(C)C. The number of guanidine groups is 1. The number of nitrogens with one attached hydrogen (secondary N) is 2. The van der Waals surface area contributed by atoms with Gasteiger partial charge in [0.25, 0.3) is 0 Å². The van der Waals surface area contributed by atoms with Crippen molar-refractivity contribution in [1.82, 2.24) is 10.6 Å². The van der Waals surface area contributed by atoms with Gasteiger partial charge in [-0.1, -0.05) is 32.9 Å². The predicted molar refractivity (Wildman–Crippen MR) is 109 cm³/mol. The van der Waals surface area contributed by atoms with Crippen LogP contribution in [0.3, 0.4) is 0 Å². The third kappa shape index (κ3) is 6.70. The van der Waals surface area contributed by atoms with E-state index in [1.165, 1.54) is 5.56 Å². The summed E-state index contributed by atoms with van der Waals surface area (Å²) in [6.07, 6.45) is 1.17. The third-order valence-electron chi connectivity index (χ3n) is 4.78. The molecule has 0 saturated carbocycles. The minimum absolute atomic E-state index is 0.0575. The van der Waals surface area contributed by atoms with Crippen molar-refractivity contribution >= 4 is 5.96 Å². The molecule has 6 heteroatoms. The maximum absolute atomic E-state index is 6.17. The van der Waals surface area contributed by atoms with Crippen LogP contribution >= 0.6 is 0 Å². The van der Waals surface area contributed by atoms with Crippen molar-refractivity contribution in [2.24, 2.45) is 10.4 Å². The number of rotatable bonds is 7. The second kappa shape index (κ2) is 9.95. The fraction of sp³-hybridized carbons (Fsp3) is 0.667. The van der Waals surface area contributed by atoms with Gasteiger partial charge in [-0.25, -0.2) is 0 Å². The molecule has 2 atom stereocenters. The van der Waals surface area contributed by atoms with Crippen LogP contribution in [-0.2, 0) is 16.0 Å². The molecule has 0 spiro atoms. The van der Waals surface area contributed by atoms with Crippen LogP contribution in [0.1, 0.15) is 38.3 Å². The van der Waals surface area contributed by atoms with E-state index in [9.17, 15) is 0 Å². The largest absolute Gasteiger partial charge is 0.488 e. The second-order valence-electron chi connectivity index (χ2n) is 8.11. The first-order chi connectivity index (χ1) is 12.8. The molecule has 1 aromatic rings. The van der Waals surface area contributed by atoms with E-state index in [1.54, 1.807) is 14.2 Å². The smallest absolute Gasteiger partial charge is 0.191 e. The van der Waals surface area contributed by atoms with Crippen molar-refractivity contribution in [2.45, 2.75) is 52.9 Å². The molecule has 0 aromatic heterocycles. The maximum atomic E-state index is 6.17. The molecule has 2 N–H and O–H groups in total. The Labute approximate surface area is 163 Å². The minimum Gasteiger partial charge on any atom is -0.488 e. The van der Waals surface area contributed by atoms with Crippen LogP contribution in [-0.4, -0.2) is 52.1 Å². The van der Waals surface area contributed by atoms with Gasteiger partial charge in [-0.2, -0.15) is 0 Å². The Morgan fingerprint density at radius 1 is 1.33 bits per heavy atom. The second-order valence-corrected chi connectivity index (χ2v) is 8.11. The summed E-state index contributed by atoms with van der Waals surface area (Å²) >= 11 is 0. The van der Waals surface area contributed by atoms with Crippen molar-refractivity contribution in [3.05, 3.63) is 29.3 Å². The van der Waals surface area contributed by atoms with Crippen LogP contribution in [0.5, 0.6) is 5.75 Å². The lowest BCUT2D eigenvalue weighted by Crippen LogP contribution is -2.45. The highest BCUT2D eigenvalue weighted by Gasteiger charge is 2.24. The normalized spacial score (nSPS) is 19.0. The van der Waals surface area contributed by atoms with Gasteiger partial charge >= 0.3 is 0 Å². The molecule has 2 rings (SSSR count). The lowest BCUT2D eigenvalue weighted by molar-refractivity contribution is 0.0205. The molecule has 1 fully saturated rings. The fourth-order valence-electron chi connectivity index (χ4n) is 3.03. The molecule has 0 bridgehead atoms. The van der Waals surface area contributed by atoms with E-state index in [0.29, 0.717) is 19.7 Å². The van der Waals surface area contributed by atoms with Gasteiger partial charge in [0, 0.05) is 39.2 Å². The number of ether oxygens (including phenoxy) is 3. The molecule has 0 radical (unpaired) electrons. The molecular weight excluding hydrogens is 342 g/mol. The van der Waals surface area contributed by atoms with Crippen molar-refractivity contribution < 1.29 is 14.2 Å². The number of aryl methyl sites for hydroxylation is 1. The van der Waals surface area contributed by atoms with E-state index in [0.717, 1.165) is 30.3 Å². The molecule has 27 heavy (non-hydrogen) atoms. The maximum Gasteiger partial charge on any atom is 0.191 e. The monoisotopic (exact) mass is 377 g/mol. The number of hydrogen-bond acceptors (Lipinski definition) is 4. The van der Waals surface area contributed by atoms with Crippen LogP contribution in [0, 0.1) is 12.3 Å². The Kier molecular flexibility index (Phi) is 7.92. The summed E-state index contributed by atoms with van der Waals surface area (Å²) < 4.78 is 17.2. The van der Waals surface area contributed by atoms with Gasteiger partial charge in [-0.3, -0.25) is 4.99 Å². The van der Waals surface area contributed by atoms with Crippen LogP contribution in [0.2, 0.25) is 0 Å². The molecule has 2 unspecified atom stereocenters. The Hall–Kier alpha value is -1.79. The molecule has 1 saturated heterocycles. The Morgan fingerprint density at radius 3 is 2.70 bits per heavy atom. The molecule has 1 aromatic carbocycles. The fourth-order valence-corrected chi connectivity index (χ4v) is 3.03. The summed E-state index contributed by atoms with van der Waals surface area (Å²) in [5.41, 5.74) is 2.35. The number of benzene rings is 1.